The van der Waals surface area contributed by atoms with E-state index in [-0.39, 0.29) is 6.61 Å². The first-order chi connectivity index (χ1) is 5.77. The Bertz CT molecular complexity index is 122. The molecule has 5 heteroatoms. The monoisotopic (exact) mass is 192 g/mol. The van der Waals surface area contributed by atoms with Crippen molar-refractivity contribution in [3.63, 3.8) is 0 Å². The summed E-state index contributed by atoms with van der Waals surface area (Å²) < 4.78 is 5.01. The third kappa shape index (κ3) is 9.77. The van der Waals surface area contributed by atoms with Crippen molar-refractivity contribution in [1.29, 1.82) is 0 Å². The molecule has 0 aliphatic rings. The quantitative estimate of drug-likeness (QED) is 0.349. The fourth-order valence-electron chi connectivity index (χ4n) is 0.648. The molecule has 0 unspecified atom stereocenters. The third-order valence-electron chi connectivity index (χ3n) is 1.21. The zero-order chi connectivity index (χ0) is 9.23. The molecule has 0 rings (SSSR count). The normalized spacial score (nSPS) is 10.1. The van der Waals surface area contributed by atoms with Crippen LogP contribution in [0.5, 0.6) is 0 Å². The molecule has 0 heterocycles. The van der Waals surface area contributed by atoms with Gasteiger partial charge in [0.05, 0.1) is 24.8 Å². The van der Waals surface area contributed by atoms with Gasteiger partial charge >= 0.3 is 0 Å². The molecule has 0 saturated heterocycles. The average Bonchev–Trinajstić information content (AvgIpc) is 2.02. The first-order valence-corrected chi connectivity index (χ1v) is 4.36. The van der Waals surface area contributed by atoms with Crippen molar-refractivity contribution < 1.29 is 9.84 Å². The molecule has 12 heavy (non-hydrogen) atoms. The topological polar surface area (TPSA) is 67.5 Å². The molecule has 4 N–H and O–H groups in total. The summed E-state index contributed by atoms with van der Waals surface area (Å²) >= 11 is 4.69. The number of thiocarbonyl (C=S) groups is 1. The molecule has 72 valence electrons. The van der Waals surface area contributed by atoms with Crippen LogP contribution in [0.4, 0.5) is 0 Å². The summed E-state index contributed by atoms with van der Waals surface area (Å²) in [7, 11) is 0. The molecule has 0 aliphatic carbocycles. The molecule has 0 amide bonds. The van der Waals surface area contributed by atoms with Crippen molar-refractivity contribution in [2.45, 2.75) is 6.42 Å². The second-order valence-corrected chi connectivity index (χ2v) is 2.83. The van der Waals surface area contributed by atoms with Gasteiger partial charge < -0.3 is 20.9 Å². The molecule has 0 bridgehead atoms. The van der Waals surface area contributed by atoms with E-state index in [4.69, 9.17) is 15.6 Å². The lowest BCUT2D eigenvalue weighted by atomic mass is 10.4. The molecule has 0 aromatic heterocycles. The predicted molar refractivity (Wildman–Crippen MR) is 52.2 cm³/mol. The van der Waals surface area contributed by atoms with Gasteiger partial charge in [-0.05, 0) is 0 Å². The predicted octanol–water partition coefficient (Wildman–Crippen LogP) is -0.739. The van der Waals surface area contributed by atoms with Gasteiger partial charge in [0, 0.05) is 19.5 Å². The van der Waals surface area contributed by atoms with Gasteiger partial charge in [0.1, 0.15) is 0 Å². The van der Waals surface area contributed by atoms with Crippen molar-refractivity contribution in [2.24, 2.45) is 5.73 Å². The number of nitrogens with one attached hydrogen (secondary N) is 1. The van der Waals surface area contributed by atoms with Gasteiger partial charge in [0.2, 0.25) is 0 Å². The minimum absolute atomic E-state index is 0.0763. The maximum Gasteiger partial charge on any atom is 0.0740 e. The van der Waals surface area contributed by atoms with Crippen molar-refractivity contribution in [1.82, 2.24) is 5.32 Å². The lowest BCUT2D eigenvalue weighted by Crippen LogP contribution is -2.24. The van der Waals surface area contributed by atoms with Crippen molar-refractivity contribution in [3.05, 3.63) is 0 Å². The lowest BCUT2D eigenvalue weighted by molar-refractivity contribution is 0.0941. The van der Waals surface area contributed by atoms with E-state index in [0.29, 0.717) is 18.2 Å². The molecule has 4 nitrogen and oxygen atoms in total. The van der Waals surface area contributed by atoms with Crippen LogP contribution in [0.2, 0.25) is 0 Å². The van der Waals surface area contributed by atoms with Gasteiger partial charge in [-0.1, -0.05) is 12.2 Å². The van der Waals surface area contributed by atoms with Gasteiger partial charge in [-0.15, -0.1) is 0 Å². The van der Waals surface area contributed by atoms with Crippen LogP contribution in [0.1, 0.15) is 6.42 Å². The highest BCUT2D eigenvalue weighted by molar-refractivity contribution is 7.80. The molecule has 0 aromatic carbocycles. The second-order valence-electron chi connectivity index (χ2n) is 2.30. The highest BCUT2D eigenvalue weighted by Crippen LogP contribution is 1.76. The Balaban J connectivity index is 2.86. The molecule has 0 atom stereocenters. The van der Waals surface area contributed by atoms with E-state index < -0.39 is 0 Å². The molecule has 0 aliphatic heterocycles. The van der Waals surface area contributed by atoms with Gasteiger partial charge in [0.15, 0.2) is 0 Å². The average molecular weight is 192 g/mol. The Morgan fingerprint density at radius 1 is 1.42 bits per heavy atom. The highest BCUT2D eigenvalue weighted by Gasteiger charge is 1.89. The zero-order valence-corrected chi connectivity index (χ0v) is 7.90. The maximum atomic E-state index is 8.36. The zero-order valence-electron chi connectivity index (χ0n) is 7.08. The number of hydrogen-bond donors (Lipinski definition) is 3. The smallest absolute Gasteiger partial charge is 0.0740 e. The van der Waals surface area contributed by atoms with E-state index in [9.17, 15) is 0 Å². The van der Waals surface area contributed by atoms with Crippen LogP contribution in [0.15, 0.2) is 0 Å². The largest absolute Gasteiger partial charge is 0.394 e. The SMILES string of the molecule is NC(=S)CCNCCOCCO. The summed E-state index contributed by atoms with van der Waals surface area (Å²) in [6.45, 7) is 2.64. The van der Waals surface area contributed by atoms with Gasteiger partial charge in [-0.25, -0.2) is 0 Å². The summed E-state index contributed by atoms with van der Waals surface area (Å²) in [6, 6.07) is 0. The van der Waals surface area contributed by atoms with Crippen LogP contribution < -0.4 is 11.1 Å². The Morgan fingerprint density at radius 3 is 2.75 bits per heavy atom. The summed E-state index contributed by atoms with van der Waals surface area (Å²) in [5.74, 6) is 0. The Kier molecular flexibility index (Phi) is 8.69. The van der Waals surface area contributed by atoms with Crippen LogP contribution in [0.25, 0.3) is 0 Å². The van der Waals surface area contributed by atoms with Gasteiger partial charge in [-0.3, -0.25) is 0 Å². The van der Waals surface area contributed by atoms with E-state index >= 15 is 0 Å². The number of ether oxygens (including phenoxy) is 1. The number of hydrogen-bond acceptors (Lipinski definition) is 4. The third-order valence-corrected chi connectivity index (χ3v) is 1.41. The fourth-order valence-corrected chi connectivity index (χ4v) is 0.750. The first-order valence-electron chi connectivity index (χ1n) is 3.95. The first kappa shape index (κ1) is 11.8. The van der Waals surface area contributed by atoms with Crippen LogP contribution in [0, 0.1) is 0 Å². The molecular formula is C7H16N2O2S. The maximum absolute atomic E-state index is 8.36. The molecule has 0 radical (unpaired) electrons. The summed E-state index contributed by atoms with van der Waals surface area (Å²) in [5.41, 5.74) is 5.28. The van der Waals surface area contributed by atoms with Crippen molar-refractivity contribution >= 4 is 17.2 Å². The Labute approximate surface area is 78.1 Å². The van der Waals surface area contributed by atoms with Gasteiger partial charge in [-0.2, -0.15) is 0 Å². The lowest BCUT2D eigenvalue weighted by Gasteiger charge is -2.03. The number of rotatable bonds is 8. The van der Waals surface area contributed by atoms with Crippen molar-refractivity contribution in [3.8, 4) is 0 Å². The minimum atomic E-state index is 0.0763. The van der Waals surface area contributed by atoms with Crippen LogP contribution in [0.3, 0.4) is 0 Å². The second kappa shape index (κ2) is 8.86. The summed E-state index contributed by atoms with van der Waals surface area (Å²) in [6.07, 6.45) is 0.718. The molecule has 0 spiro atoms. The van der Waals surface area contributed by atoms with Gasteiger partial charge in [0.25, 0.3) is 0 Å². The van der Waals surface area contributed by atoms with E-state index in [1.54, 1.807) is 0 Å². The van der Waals surface area contributed by atoms with Crippen molar-refractivity contribution in [2.75, 3.05) is 32.9 Å². The fraction of sp³-hybridized carbons (Fsp3) is 0.857. The standard InChI is InChI=1S/C7H16N2O2S/c8-7(12)1-2-9-3-5-11-6-4-10/h9-10H,1-6H2,(H2,8,12). The summed E-state index contributed by atoms with van der Waals surface area (Å²) in [4.78, 5) is 0.527. The number of aliphatic hydroxyl groups is 1. The molecular weight excluding hydrogens is 176 g/mol. The molecule has 0 fully saturated rings. The van der Waals surface area contributed by atoms with E-state index in [1.807, 2.05) is 0 Å². The van der Waals surface area contributed by atoms with Crippen LogP contribution in [-0.2, 0) is 4.74 Å². The number of nitrogens with two attached hydrogens (primary N) is 1. The number of aliphatic hydroxyl groups excluding tert-OH is 1. The van der Waals surface area contributed by atoms with E-state index in [0.717, 1.165) is 19.5 Å². The Morgan fingerprint density at radius 2 is 2.17 bits per heavy atom. The van der Waals surface area contributed by atoms with E-state index in [1.165, 1.54) is 0 Å². The minimum Gasteiger partial charge on any atom is -0.394 e. The van der Waals surface area contributed by atoms with Crippen LogP contribution >= 0.6 is 12.2 Å². The molecule has 0 saturated carbocycles. The van der Waals surface area contributed by atoms with E-state index in [2.05, 4.69) is 17.5 Å². The van der Waals surface area contributed by atoms with Crippen LogP contribution in [-0.4, -0.2) is 43.0 Å². The Hall–Kier alpha value is -0.230. The summed E-state index contributed by atoms with van der Waals surface area (Å²) in [5, 5.41) is 11.5. The highest BCUT2D eigenvalue weighted by atomic mass is 32.1. The molecule has 0 aromatic rings.